The number of piperidine rings is 1. The molecule has 11 heteroatoms. The summed E-state index contributed by atoms with van der Waals surface area (Å²) >= 11 is 1.11. The summed E-state index contributed by atoms with van der Waals surface area (Å²) in [4.78, 5) is 20.9. The zero-order chi connectivity index (χ0) is 21.1. The molecule has 9 nitrogen and oxygen atoms in total. The molecule has 1 fully saturated rings. The quantitative estimate of drug-likeness (QED) is 0.615. The van der Waals surface area contributed by atoms with Crippen molar-refractivity contribution >= 4 is 27.3 Å². The minimum absolute atomic E-state index is 0.158. The van der Waals surface area contributed by atoms with Gasteiger partial charge in [-0.15, -0.1) is 11.3 Å². The molecule has 1 amide bonds. The highest BCUT2D eigenvalue weighted by atomic mass is 32.2. The highest BCUT2D eigenvalue weighted by Crippen LogP contribution is 2.31. The van der Waals surface area contributed by atoms with Crippen molar-refractivity contribution in [3.05, 3.63) is 47.4 Å². The highest BCUT2D eigenvalue weighted by Gasteiger charge is 2.34. The van der Waals surface area contributed by atoms with Crippen LogP contribution in [-0.2, 0) is 21.4 Å². The van der Waals surface area contributed by atoms with Gasteiger partial charge in [-0.3, -0.25) is 9.78 Å². The van der Waals surface area contributed by atoms with Gasteiger partial charge in [-0.25, -0.2) is 8.42 Å². The maximum atomic E-state index is 13.1. The fourth-order valence-electron chi connectivity index (χ4n) is 3.31. The number of thiophene rings is 1. The average molecular weight is 448 g/mol. The Kier molecular flexibility index (Phi) is 5.93. The van der Waals surface area contributed by atoms with Gasteiger partial charge in [0, 0.05) is 37.2 Å². The predicted octanol–water partition coefficient (Wildman–Crippen LogP) is 2.22. The van der Waals surface area contributed by atoms with Gasteiger partial charge < -0.3 is 9.84 Å². The van der Waals surface area contributed by atoms with Crippen LogP contribution in [0.25, 0.3) is 11.4 Å². The Bertz CT molecular complexity index is 1130. The van der Waals surface area contributed by atoms with Crippen LogP contribution >= 0.6 is 11.3 Å². The Morgan fingerprint density at radius 2 is 2.27 bits per heavy atom. The monoisotopic (exact) mass is 447 g/mol. The first-order valence-electron chi connectivity index (χ1n) is 9.50. The van der Waals surface area contributed by atoms with Crippen molar-refractivity contribution < 1.29 is 17.7 Å². The van der Waals surface area contributed by atoms with Crippen LogP contribution in [0.3, 0.4) is 0 Å². The van der Waals surface area contributed by atoms with Crippen molar-refractivity contribution in [1.82, 2.24) is 24.7 Å². The van der Waals surface area contributed by atoms with Crippen molar-refractivity contribution in [2.75, 3.05) is 13.1 Å². The van der Waals surface area contributed by atoms with Gasteiger partial charge in [0.2, 0.25) is 17.6 Å². The summed E-state index contributed by atoms with van der Waals surface area (Å²) in [6.45, 7) is 2.54. The molecule has 3 aromatic rings. The molecule has 1 aliphatic rings. The standard InChI is InChI=1S/C19H21N5O4S2/c1-13-22-18(23-28-13)15-9-17(29-12-15)30(26,27)24-8-4-5-14(11-24)19(25)21-10-16-6-2-3-7-20-16/h2-3,6-7,9,12,14H,4-5,8,10-11H2,1H3,(H,21,25)/t14-/m0/s1. The van der Waals surface area contributed by atoms with Crippen molar-refractivity contribution in [3.63, 3.8) is 0 Å². The molecule has 0 aliphatic carbocycles. The average Bonchev–Trinajstić information content (AvgIpc) is 3.42. The Labute approximate surface area is 178 Å². The molecule has 1 saturated heterocycles. The maximum absolute atomic E-state index is 13.1. The van der Waals surface area contributed by atoms with Crippen LogP contribution < -0.4 is 5.32 Å². The number of nitrogens with one attached hydrogen (secondary N) is 1. The van der Waals surface area contributed by atoms with Gasteiger partial charge in [0.25, 0.3) is 10.0 Å². The third kappa shape index (κ3) is 4.42. The Balaban J connectivity index is 1.43. The maximum Gasteiger partial charge on any atom is 0.252 e. The van der Waals surface area contributed by atoms with E-state index in [0.717, 1.165) is 17.0 Å². The highest BCUT2D eigenvalue weighted by molar-refractivity contribution is 7.91. The zero-order valence-electron chi connectivity index (χ0n) is 16.3. The fourth-order valence-corrected chi connectivity index (χ4v) is 6.15. The second kappa shape index (κ2) is 8.62. The van der Waals surface area contributed by atoms with E-state index in [4.69, 9.17) is 4.52 Å². The zero-order valence-corrected chi connectivity index (χ0v) is 17.9. The smallest absolute Gasteiger partial charge is 0.252 e. The topological polar surface area (TPSA) is 118 Å². The van der Waals surface area contributed by atoms with E-state index in [1.807, 2.05) is 18.2 Å². The first-order chi connectivity index (χ1) is 14.4. The summed E-state index contributed by atoms with van der Waals surface area (Å²) in [6.07, 6.45) is 2.95. The second-order valence-corrected chi connectivity index (χ2v) is 10.1. The fraction of sp³-hybridized carbons (Fsp3) is 0.368. The molecule has 30 heavy (non-hydrogen) atoms. The molecule has 158 valence electrons. The first kappa shape index (κ1) is 20.6. The number of amides is 1. The van der Waals surface area contributed by atoms with Gasteiger partial charge in [-0.05, 0) is 31.0 Å². The summed E-state index contributed by atoms with van der Waals surface area (Å²) in [5.41, 5.74) is 1.35. The summed E-state index contributed by atoms with van der Waals surface area (Å²) in [5.74, 6) is 0.220. The number of nitrogens with zero attached hydrogens (tertiary/aromatic N) is 4. The molecule has 0 saturated carbocycles. The summed E-state index contributed by atoms with van der Waals surface area (Å²) in [5, 5.41) is 8.38. The van der Waals surface area contributed by atoms with E-state index in [2.05, 4.69) is 20.4 Å². The number of rotatable bonds is 6. The van der Waals surface area contributed by atoms with Crippen LogP contribution in [0.1, 0.15) is 24.4 Å². The molecule has 1 N–H and O–H groups in total. The summed E-state index contributed by atoms with van der Waals surface area (Å²) in [7, 11) is -3.70. The molecule has 1 aliphatic heterocycles. The summed E-state index contributed by atoms with van der Waals surface area (Å²) < 4.78 is 32.8. The van der Waals surface area contributed by atoms with E-state index in [0.29, 0.717) is 43.2 Å². The molecule has 0 aromatic carbocycles. The molecule has 0 radical (unpaired) electrons. The van der Waals surface area contributed by atoms with Crippen molar-refractivity contribution in [2.45, 2.75) is 30.5 Å². The van der Waals surface area contributed by atoms with Gasteiger partial charge in [-0.2, -0.15) is 9.29 Å². The van der Waals surface area contributed by atoms with Crippen molar-refractivity contribution in [2.24, 2.45) is 5.92 Å². The van der Waals surface area contributed by atoms with Gasteiger partial charge >= 0.3 is 0 Å². The van der Waals surface area contributed by atoms with Crippen LogP contribution in [0.2, 0.25) is 0 Å². The first-order valence-corrected chi connectivity index (χ1v) is 11.8. The molecule has 3 aromatic heterocycles. The lowest BCUT2D eigenvalue weighted by Crippen LogP contribution is -2.45. The Morgan fingerprint density at radius 1 is 1.40 bits per heavy atom. The number of pyridine rings is 1. The molecule has 0 bridgehead atoms. The lowest BCUT2D eigenvalue weighted by atomic mass is 9.99. The van der Waals surface area contributed by atoms with E-state index in [1.165, 1.54) is 4.31 Å². The SMILES string of the molecule is Cc1nc(-c2csc(S(=O)(=O)N3CCC[C@H](C(=O)NCc4ccccn4)C3)c2)no1. The molecular formula is C19H21N5O4S2. The van der Waals surface area contributed by atoms with Crippen LogP contribution in [0, 0.1) is 12.8 Å². The van der Waals surface area contributed by atoms with Gasteiger partial charge in [0.15, 0.2) is 0 Å². The van der Waals surface area contributed by atoms with E-state index >= 15 is 0 Å². The van der Waals surface area contributed by atoms with E-state index in [9.17, 15) is 13.2 Å². The summed E-state index contributed by atoms with van der Waals surface area (Å²) in [6, 6.07) is 7.05. The Hall–Kier alpha value is -2.63. The second-order valence-electron chi connectivity index (χ2n) is 7.03. The van der Waals surface area contributed by atoms with Crippen LogP contribution in [0.4, 0.5) is 0 Å². The normalized spacial score (nSPS) is 17.7. The van der Waals surface area contributed by atoms with Crippen LogP contribution in [-0.4, -0.2) is 46.8 Å². The largest absolute Gasteiger partial charge is 0.350 e. The van der Waals surface area contributed by atoms with Gasteiger partial charge in [-0.1, -0.05) is 11.2 Å². The third-order valence-electron chi connectivity index (χ3n) is 4.88. The van der Waals surface area contributed by atoms with Crippen LogP contribution in [0.15, 0.2) is 44.6 Å². The van der Waals surface area contributed by atoms with E-state index < -0.39 is 15.9 Å². The number of aryl methyl sites for hydroxylation is 1. The number of aromatic nitrogens is 3. The lowest BCUT2D eigenvalue weighted by molar-refractivity contribution is -0.126. The molecule has 0 unspecified atom stereocenters. The van der Waals surface area contributed by atoms with Crippen LogP contribution in [0.5, 0.6) is 0 Å². The van der Waals surface area contributed by atoms with E-state index in [1.54, 1.807) is 24.6 Å². The van der Waals surface area contributed by atoms with Gasteiger partial charge in [0.1, 0.15) is 4.21 Å². The number of hydrogen-bond donors (Lipinski definition) is 1. The molecule has 1 atom stereocenters. The Morgan fingerprint density at radius 3 is 3.00 bits per heavy atom. The number of hydrogen-bond acceptors (Lipinski definition) is 8. The van der Waals surface area contributed by atoms with Crippen molar-refractivity contribution in [3.8, 4) is 11.4 Å². The molecular weight excluding hydrogens is 426 g/mol. The van der Waals surface area contributed by atoms with E-state index in [-0.39, 0.29) is 16.7 Å². The number of sulfonamides is 1. The predicted molar refractivity (Wildman–Crippen MR) is 110 cm³/mol. The third-order valence-corrected chi connectivity index (χ3v) is 8.16. The molecule has 4 rings (SSSR count). The number of carbonyl (C=O) groups excluding carboxylic acids is 1. The molecule has 0 spiro atoms. The minimum atomic E-state index is -3.70. The minimum Gasteiger partial charge on any atom is -0.350 e. The number of carbonyl (C=O) groups is 1. The van der Waals surface area contributed by atoms with Gasteiger partial charge in [0.05, 0.1) is 18.2 Å². The molecule has 4 heterocycles. The lowest BCUT2D eigenvalue weighted by Gasteiger charge is -2.30. The van der Waals surface area contributed by atoms with Crippen molar-refractivity contribution in [1.29, 1.82) is 0 Å².